The summed E-state index contributed by atoms with van der Waals surface area (Å²) < 4.78 is 13.1. The van der Waals surface area contributed by atoms with Crippen LogP contribution in [0.1, 0.15) is 25.6 Å². The Labute approximate surface area is 106 Å². The predicted molar refractivity (Wildman–Crippen MR) is 69.7 cm³/mol. The molecule has 3 nitrogen and oxygen atoms in total. The van der Waals surface area contributed by atoms with Crippen molar-refractivity contribution < 1.29 is 4.39 Å². The van der Waals surface area contributed by atoms with Gasteiger partial charge in [-0.1, -0.05) is 6.92 Å². The summed E-state index contributed by atoms with van der Waals surface area (Å²) in [6, 6.07) is 4.68. The molecule has 1 aliphatic heterocycles. The maximum Gasteiger partial charge on any atom is 0.125 e. The van der Waals surface area contributed by atoms with Gasteiger partial charge in [-0.15, -0.1) is 0 Å². The summed E-state index contributed by atoms with van der Waals surface area (Å²) in [4.78, 5) is 10.1. The van der Waals surface area contributed by atoms with Gasteiger partial charge >= 0.3 is 0 Å². The molecule has 0 bridgehead atoms. The van der Waals surface area contributed by atoms with Gasteiger partial charge in [0.2, 0.25) is 0 Å². The monoisotopic (exact) mass is 247 g/mol. The molecule has 1 unspecified atom stereocenters. The first-order chi connectivity index (χ1) is 8.70. The number of halogens is 1. The molecule has 0 spiro atoms. The zero-order valence-electron chi connectivity index (χ0n) is 10.6. The highest BCUT2D eigenvalue weighted by atomic mass is 19.1. The van der Waals surface area contributed by atoms with Crippen LogP contribution >= 0.6 is 0 Å². The average Bonchev–Trinajstić information content (AvgIpc) is 2.70. The topological polar surface area (TPSA) is 31.9 Å². The van der Waals surface area contributed by atoms with Gasteiger partial charge in [-0.3, -0.25) is 4.90 Å². The molecule has 2 aromatic rings. The lowest BCUT2D eigenvalue weighted by Gasteiger charge is -2.29. The van der Waals surface area contributed by atoms with Crippen molar-refractivity contribution in [2.45, 2.75) is 26.3 Å². The van der Waals surface area contributed by atoms with Crippen molar-refractivity contribution in [3.63, 3.8) is 0 Å². The van der Waals surface area contributed by atoms with E-state index < -0.39 is 0 Å². The second kappa shape index (κ2) is 4.69. The fourth-order valence-corrected chi connectivity index (χ4v) is 2.75. The van der Waals surface area contributed by atoms with Crippen molar-refractivity contribution in [3.05, 3.63) is 29.8 Å². The van der Waals surface area contributed by atoms with Gasteiger partial charge in [0, 0.05) is 6.54 Å². The van der Waals surface area contributed by atoms with Crippen LogP contribution < -0.4 is 0 Å². The number of rotatable bonds is 2. The highest BCUT2D eigenvalue weighted by Gasteiger charge is 2.17. The Bertz CT molecular complexity index is 549. The van der Waals surface area contributed by atoms with E-state index in [1.54, 1.807) is 6.07 Å². The summed E-state index contributed by atoms with van der Waals surface area (Å²) in [6.07, 6.45) is 2.58. The number of benzene rings is 1. The van der Waals surface area contributed by atoms with Crippen LogP contribution in [0.3, 0.4) is 0 Å². The van der Waals surface area contributed by atoms with Crippen LogP contribution in [0.4, 0.5) is 4.39 Å². The number of hydrogen-bond donors (Lipinski definition) is 1. The molecule has 2 heterocycles. The number of aromatic nitrogens is 2. The molecule has 4 heteroatoms. The standard InChI is InChI=1S/C14H18FN3/c1-10-3-2-6-18(8-10)9-14-16-12-5-4-11(15)7-13(12)17-14/h4-5,7,10H,2-3,6,8-9H2,1H3,(H,16,17). The van der Waals surface area contributed by atoms with Crippen molar-refractivity contribution in [1.29, 1.82) is 0 Å². The third-order valence-electron chi connectivity index (χ3n) is 3.61. The van der Waals surface area contributed by atoms with Crippen molar-refractivity contribution in [2.75, 3.05) is 13.1 Å². The fraction of sp³-hybridized carbons (Fsp3) is 0.500. The van der Waals surface area contributed by atoms with E-state index in [0.29, 0.717) is 0 Å². The molecule has 1 saturated heterocycles. The molecule has 1 aromatic carbocycles. The largest absolute Gasteiger partial charge is 0.341 e. The van der Waals surface area contributed by atoms with E-state index in [1.165, 1.54) is 25.0 Å². The van der Waals surface area contributed by atoms with Crippen molar-refractivity contribution in [1.82, 2.24) is 14.9 Å². The first kappa shape index (κ1) is 11.7. The van der Waals surface area contributed by atoms with Crippen LogP contribution in [0, 0.1) is 11.7 Å². The van der Waals surface area contributed by atoms with Gasteiger partial charge < -0.3 is 4.98 Å². The predicted octanol–water partition coefficient (Wildman–Crippen LogP) is 2.93. The van der Waals surface area contributed by atoms with Crippen LogP contribution in [-0.4, -0.2) is 28.0 Å². The summed E-state index contributed by atoms with van der Waals surface area (Å²) in [5, 5.41) is 0. The van der Waals surface area contributed by atoms with Gasteiger partial charge in [-0.2, -0.15) is 0 Å². The number of imidazole rings is 1. The number of piperidine rings is 1. The third kappa shape index (κ3) is 2.38. The second-order valence-corrected chi connectivity index (χ2v) is 5.33. The number of hydrogen-bond acceptors (Lipinski definition) is 2. The van der Waals surface area contributed by atoms with Crippen LogP contribution in [0.2, 0.25) is 0 Å². The Morgan fingerprint density at radius 3 is 3.22 bits per heavy atom. The van der Waals surface area contributed by atoms with E-state index in [-0.39, 0.29) is 5.82 Å². The number of fused-ring (bicyclic) bond motifs is 1. The minimum Gasteiger partial charge on any atom is -0.341 e. The van der Waals surface area contributed by atoms with Gasteiger partial charge in [-0.05, 0) is 43.5 Å². The molecule has 1 fully saturated rings. The minimum absolute atomic E-state index is 0.218. The summed E-state index contributed by atoms with van der Waals surface area (Å²) in [7, 11) is 0. The van der Waals surface area contributed by atoms with E-state index in [4.69, 9.17) is 0 Å². The zero-order chi connectivity index (χ0) is 12.5. The first-order valence-corrected chi connectivity index (χ1v) is 6.57. The molecule has 0 radical (unpaired) electrons. The van der Waals surface area contributed by atoms with Gasteiger partial charge in [0.25, 0.3) is 0 Å². The number of H-pyrrole nitrogens is 1. The Hall–Kier alpha value is -1.42. The first-order valence-electron chi connectivity index (χ1n) is 6.57. The molecule has 96 valence electrons. The lowest BCUT2D eigenvalue weighted by Crippen LogP contribution is -2.34. The van der Waals surface area contributed by atoms with Gasteiger partial charge in [0.1, 0.15) is 11.6 Å². The second-order valence-electron chi connectivity index (χ2n) is 5.33. The van der Waals surface area contributed by atoms with Crippen LogP contribution in [0.25, 0.3) is 11.0 Å². The van der Waals surface area contributed by atoms with Crippen LogP contribution in [0.15, 0.2) is 18.2 Å². The maximum atomic E-state index is 13.1. The van der Waals surface area contributed by atoms with E-state index in [0.717, 1.165) is 42.4 Å². The quantitative estimate of drug-likeness (QED) is 0.884. The molecule has 0 saturated carbocycles. The molecule has 0 amide bonds. The van der Waals surface area contributed by atoms with E-state index in [9.17, 15) is 4.39 Å². The smallest absolute Gasteiger partial charge is 0.125 e. The Morgan fingerprint density at radius 2 is 2.39 bits per heavy atom. The van der Waals surface area contributed by atoms with Crippen molar-refractivity contribution in [3.8, 4) is 0 Å². The molecule has 1 atom stereocenters. The molecule has 0 aliphatic carbocycles. The lowest BCUT2D eigenvalue weighted by atomic mass is 10.0. The molecule has 1 aromatic heterocycles. The molecule has 18 heavy (non-hydrogen) atoms. The zero-order valence-corrected chi connectivity index (χ0v) is 10.6. The lowest BCUT2D eigenvalue weighted by molar-refractivity contribution is 0.173. The molecular formula is C14H18FN3. The third-order valence-corrected chi connectivity index (χ3v) is 3.61. The van der Waals surface area contributed by atoms with E-state index in [1.807, 2.05) is 0 Å². The van der Waals surface area contributed by atoms with Crippen molar-refractivity contribution >= 4 is 11.0 Å². The summed E-state index contributed by atoms with van der Waals surface area (Å²) >= 11 is 0. The van der Waals surface area contributed by atoms with E-state index >= 15 is 0 Å². The molecular weight excluding hydrogens is 229 g/mol. The van der Waals surface area contributed by atoms with Crippen LogP contribution in [0.5, 0.6) is 0 Å². The minimum atomic E-state index is -0.218. The fourth-order valence-electron chi connectivity index (χ4n) is 2.75. The summed E-state index contributed by atoms with van der Waals surface area (Å²) in [5.41, 5.74) is 1.63. The maximum absolute atomic E-state index is 13.1. The highest BCUT2D eigenvalue weighted by molar-refractivity contribution is 5.74. The number of aromatic amines is 1. The highest BCUT2D eigenvalue weighted by Crippen LogP contribution is 2.18. The number of likely N-dealkylation sites (tertiary alicyclic amines) is 1. The Kier molecular flexibility index (Phi) is 3.04. The summed E-state index contributed by atoms with van der Waals surface area (Å²) in [6.45, 7) is 5.39. The van der Waals surface area contributed by atoms with Crippen LogP contribution in [-0.2, 0) is 6.54 Å². The average molecular weight is 247 g/mol. The number of nitrogens with one attached hydrogen (secondary N) is 1. The molecule has 1 aliphatic rings. The van der Waals surface area contributed by atoms with Gasteiger partial charge in [0.05, 0.1) is 17.6 Å². The van der Waals surface area contributed by atoms with Gasteiger partial charge in [0.15, 0.2) is 0 Å². The van der Waals surface area contributed by atoms with Crippen molar-refractivity contribution in [2.24, 2.45) is 5.92 Å². The normalized spacial score (nSPS) is 21.6. The molecule has 3 rings (SSSR count). The Morgan fingerprint density at radius 1 is 1.50 bits per heavy atom. The SMILES string of the molecule is CC1CCCN(Cc2nc3ccc(F)cc3[nH]2)C1. The van der Waals surface area contributed by atoms with Gasteiger partial charge in [-0.25, -0.2) is 9.37 Å². The Balaban J connectivity index is 1.78. The van der Waals surface area contributed by atoms with E-state index in [2.05, 4.69) is 21.8 Å². The molecule has 1 N–H and O–H groups in total. The number of nitrogens with zero attached hydrogens (tertiary/aromatic N) is 2. The summed E-state index contributed by atoms with van der Waals surface area (Å²) in [5.74, 6) is 1.48.